The van der Waals surface area contributed by atoms with Crippen molar-refractivity contribution >= 4 is 23.1 Å². The average Bonchev–Trinajstić information content (AvgIpc) is 2.34. The Kier molecular flexibility index (Phi) is 3.16. The highest BCUT2D eigenvalue weighted by Gasteiger charge is 2.13. The van der Waals surface area contributed by atoms with E-state index >= 15 is 0 Å². The monoisotopic (exact) mass is 245 g/mol. The van der Waals surface area contributed by atoms with Crippen molar-refractivity contribution in [3.63, 3.8) is 0 Å². The maximum Gasteiger partial charge on any atom is 0.193 e. The zero-order valence-electron chi connectivity index (χ0n) is 9.41. The summed E-state index contributed by atoms with van der Waals surface area (Å²) in [6.45, 7) is 1.82. The number of halogens is 1. The van der Waals surface area contributed by atoms with Gasteiger partial charge >= 0.3 is 0 Å². The van der Waals surface area contributed by atoms with Crippen LogP contribution in [0.3, 0.4) is 0 Å². The quantitative estimate of drug-likeness (QED) is 0.650. The summed E-state index contributed by atoms with van der Waals surface area (Å²) in [4.78, 5) is 12.3. The molecule has 0 aliphatic carbocycles. The molecule has 0 aromatic heterocycles. The second-order valence-corrected chi connectivity index (χ2v) is 4.30. The molecule has 0 atom stereocenters. The third-order valence-corrected chi connectivity index (χ3v) is 2.91. The molecule has 0 spiro atoms. The largest absolute Gasteiger partial charge is 0.398 e. The van der Waals surface area contributed by atoms with Gasteiger partial charge in [-0.1, -0.05) is 41.9 Å². The van der Waals surface area contributed by atoms with Crippen molar-refractivity contribution in [3.8, 4) is 0 Å². The van der Waals surface area contributed by atoms with Crippen LogP contribution < -0.4 is 5.73 Å². The lowest BCUT2D eigenvalue weighted by Gasteiger charge is -2.08. The topological polar surface area (TPSA) is 43.1 Å². The minimum Gasteiger partial charge on any atom is -0.398 e. The highest BCUT2D eigenvalue weighted by molar-refractivity contribution is 6.31. The molecule has 0 aliphatic heterocycles. The Balaban J connectivity index is 2.52. The van der Waals surface area contributed by atoms with Crippen LogP contribution in [0.5, 0.6) is 0 Å². The second kappa shape index (κ2) is 4.60. The Labute approximate surface area is 105 Å². The maximum atomic E-state index is 12.3. The highest BCUT2D eigenvalue weighted by atomic mass is 35.5. The minimum absolute atomic E-state index is 0.0581. The number of anilines is 1. The van der Waals surface area contributed by atoms with Crippen LogP contribution >= 0.6 is 11.6 Å². The molecule has 0 saturated heterocycles. The Hall–Kier alpha value is -1.80. The van der Waals surface area contributed by atoms with Crippen LogP contribution in [-0.4, -0.2) is 5.78 Å². The van der Waals surface area contributed by atoms with Gasteiger partial charge in [0.15, 0.2) is 5.78 Å². The van der Waals surface area contributed by atoms with Crippen molar-refractivity contribution in [1.29, 1.82) is 0 Å². The number of hydrogen-bond acceptors (Lipinski definition) is 2. The van der Waals surface area contributed by atoms with Gasteiger partial charge in [-0.05, 0) is 24.6 Å². The van der Waals surface area contributed by atoms with Crippen LogP contribution in [0.1, 0.15) is 21.5 Å². The molecular weight excluding hydrogens is 234 g/mol. The van der Waals surface area contributed by atoms with E-state index in [1.54, 1.807) is 24.3 Å². The first kappa shape index (κ1) is 11.7. The number of carbonyl (C=O) groups excluding carboxylic acids is 1. The fourth-order valence-electron chi connectivity index (χ4n) is 1.68. The van der Waals surface area contributed by atoms with E-state index < -0.39 is 0 Å². The molecule has 86 valence electrons. The number of hydrogen-bond donors (Lipinski definition) is 1. The summed E-state index contributed by atoms with van der Waals surface area (Å²) >= 11 is 5.92. The lowest BCUT2D eigenvalue weighted by Crippen LogP contribution is -2.05. The van der Waals surface area contributed by atoms with Gasteiger partial charge in [-0.15, -0.1) is 0 Å². The molecular formula is C14H12ClNO. The molecule has 2 aromatic carbocycles. The standard InChI is InChI=1S/C14H12ClNO/c1-9-12(7-11(15)8-13(9)16)14(17)10-5-3-2-4-6-10/h2-8H,16H2,1H3. The smallest absolute Gasteiger partial charge is 0.193 e. The highest BCUT2D eigenvalue weighted by Crippen LogP contribution is 2.24. The molecule has 0 unspecified atom stereocenters. The Morgan fingerprint density at radius 2 is 1.82 bits per heavy atom. The predicted octanol–water partition coefficient (Wildman–Crippen LogP) is 3.46. The van der Waals surface area contributed by atoms with E-state index in [9.17, 15) is 4.79 Å². The van der Waals surface area contributed by atoms with Gasteiger partial charge in [-0.25, -0.2) is 0 Å². The number of rotatable bonds is 2. The Morgan fingerprint density at radius 3 is 2.47 bits per heavy atom. The molecule has 2 N–H and O–H groups in total. The lowest BCUT2D eigenvalue weighted by molar-refractivity contribution is 0.103. The van der Waals surface area contributed by atoms with Gasteiger partial charge in [0.25, 0.3) is 0 Å². The van der Waals surface area contributed by atoms with Gasteiger partial charge in [0.05, 0.1) is 0 Å². The fourth-order valence-corrected chi connectivity index (χ4v) is 1.91. The van der Waals surface area contributed by atoms with E-state index in [1.807, 2.05) is 25.1 Å². The van der Waals surface area contributed by atoms with Gasteiger partial charge in [0.2, 0.25) is 0 Å². The lowest BCUT2D eigenvalue weighted by atomic mass is 9.98. The SMILES string of the molecule is Cc1c(N)cc(Cl)cc1C(=O)c1ccccc1. The minimum atomic E-state index is -0.0581. The van der Waals surface area contributed by atoms with Gasteiger partial charge in [0, 0.05) is 21.8 Å². The van der Waals surface area contributed by atoms with Crippen molar-refractivity contribution in [1.82, 2.24) is 0 Å². The maximum absolute atomic E-state index is 12.3. The zero-order valence-corrected chi connectivity index (χ0v) is 10.2. The van der Waals surface area contributed by atoms with Crippen molar-refractivity contribution < 1.29 is 4.79 Å². The normalized spacial score (nSPS) is 10.2. The number of nitrogen functional groups attached to an aromatic ring is 1. The molecule has 2 rings (SSSR count). The first-order valence-electron chi connectivity index (χ1n) is 5.25. The van der Waals surface area contributed by atoms with Crippen molar-refractivity contribution in [2.75, 3.05) is 5.73 Å². The summed E-state index contributed by atoms with van der Waals surface area (Å²) in [6.07, 6.45) is 0. The molecule has 0 heterocycles. The predicted molar refractivity (Wildman–Crippen MR) is 70.5 cm³/mol. The van der Waals surface area contributed by atoms with Gasteiger partial charge < -0.3 is 5.73 Å². The van der Waals surface area contributed by atoms with Gasteiger partial charge in [-0.3, -0.25) is 4.79 Å². The van der Waals surface area contributed by atoms with Crippen LogP contribution in [0.4, 0.5) is 5.69 Å². The summed E-state index contributed by atoms with van der Waals surface area (Å²) in [5, 5.41) is 0.479. The van der Waals surface area contributed by atoms with E-state index in [4.69, 9.17) is 17.3 Å². The van der Waals surface area contributed by atoms with Crippen LogP contribution in [0, 0.1) is 6.92 Å². The molecule has 0 bridgehead atoms. The molecule has 17 heavy (non-hydrogen) atoms. The summed E-state index contributed by atoms with van der Waals surface area (Å²) < 4.78 is 0. The Morgan fingerprint density at radius 1 is 1.18 bits per heavy atom. The Bertz CT molecular complexity index is 564. The molecule has 2 aromatic rings. The second-order valence-electron chi connectivity index (χ2n) is 3.86. The number of ketones is 1. The van der Waals surface area contributed by atoms with E-state index in [0.717, 1.165) is 5.56 Å². The van der Waals surface area contributed by atoms with Crippen molar-refractivity contribution in [2.24, 2.45) is 0 Å². The number of carbonyl (C=O) groups is 1. The molecule has 2 nitrogen and oxygen atoms in total. The molecule has 0 radical (unpaired) electrons. The van der Waals surface area contributed by atoms with E-state index in [0.29, 0.717) is 21.8 Å². The molecule has 0 fully saturated rings. The number of benzene rings is 2. The number of nitrogens with two attached hydrogens (primary N) is 1. The summed E-state index contributed by atoms with van der Waals surface area (Å²) in [5.74, 6) is -0.0581. The third-order valence-electron chi connectivity index (χ3n) is 2.69. The third kappa shape index (κ3) is 2.32. The van der Waals surface area contributed by atoms with Crippen molar-refractivity contribution in [2.45, 2.75) is 6.92 Å². The van der Waals surface area contributed by atoms with E-state index in [-0.39, 0.29) is 5.78 Å². The van der Waals surface area contributed by atoms with Crippen LogP contribution in [0.15, 0.2) is 42.5 Å². The van der Waals surface area contributed by atoms with Gasteiger partial charge in [-0.2, -0.15) is 0 Å². The molecule has 0 amide bonds. The van der Waals surface area contributed by atoms with Crippen LogP contribution in [0.2, 0.25) is 5.02 Å². The first-order valence-corrected chi connectivity index (χ1v) is 5.63. The van der Waals surface area contributed by atoms with Crippen LogP contribution in [0.25, 0.3) is 0 Å². The summed E-state index contributed by atoms with van der Waals surface area (Å²) in [7, 11) is 0. The zero-order chi connectivity index (χ0) is 12.4. The molecule has 0 aliphatic rings. The first-order chi connectivity index (χ1) is 8.09. The summed E-state index contributed by atoms with van der Waals surface area (Å²) in [5.41, 5.74) is 8.30. The molecule has 0 saturated carbocycles. The van der Waals surface area contributed by atoms with E-state index in [1.165, 1.54) is 0 Å². The summed E-state index contributed by atoms with van der Waals surface area (Å²) in [6, 6.07) is 12.4. The van der Waals surface area contributed by atoms with Gasteiger partial charge in [0.1, 0.15) is 0 Å². The molecule has 3 heteroatoms. The van der Waals surface area contributed by atoms with Crippen LogP contribution in [-0.2, 0) is 0 Å². The van der Waals surface area contributed by atoms with E-state index in [2.05, 4.69) is 0 Å². The fraction of sp³-hybridized carbons (Fsp3) is 0.0714. The van der Waals surface area contributed by atoms with Crippen molar-refractivity contribution in [3.05, 3.63) is 64.2 Å². The average molecular weight is 246 g/mol.